The van der Waals surface area contributed by atoms with E-state index in [1.165, 1.54) is 0 Å². The highest BCUT2D eigenvalue weighted by molar-refractivity contribution is 6.43. The Hall–Kier alpha value is -4.60. The predicted octanol–water partition coefficient (Wildman–Crippen LogP) is 5.64. The molecule has 0 aliphatic heterocycles. The van der Waals surface area contributed by atoms with Crippen LogP contribution in [-0.4, -0.2) is 47.0 Å². The van der Waals surface area contributed by atoms with E-state index in [2.05, 4.69) is 16.0 Å². The molecule has 246 valence electrons. The summed E-state index contributed by atoms with van der Waals surface area (Å²) in [6, 6.07) is 33.9. The van der Waals surface area contributed by atoms with Crippen LogP contribution < -0.4 is 20.7 Å². The third-order valence-corrected chi connectivity index (χ3v) is 7.90. The van der Waals surface area contributed by atoms with Crippen molar-refractivity contribution < 1.29 is 24.4 Å². The van der Waals surface area contributed by atoms with Crippen molar-refractivity contribution in [2.45, 2.75) is 65.2 Å². The highest BCUT2D eigenvalue weighted by Gasteiger charge is 2.32. The van der Waals surface area contributed by atoms with Crippen LogP contribution in [0.1, 0.15) is 45.2 Å². The molecule has 0 aliphatic rings. The Morgan fingerprint density at radius 2 is 1.36 bits per heavy atom. The van der Waals surface area contributed by atoms with Crippen LogP contribution in [0, 0.1) is 11.8 Å². The quantitative estimate of drug-likeness (QED) is 0.102. The number of amides is 2. The van der Waals surface area contributed by atoms with Gasteiger partial charge in [0.05, 0.1) is 5.94 Å². The van der Waals surface area contributed by atoms with E-state index < -0.39 is 31.1 Å². The molecular formula is C38H46BN3O5. The van der Waals surface area contributed by atoms with Gasteiger partial charge in [0.25, 0.3) is 0 Å². The van der Waals surface area contributed by atoms with Crippen molar-refractivity contribution in [2.75, 3.05) is 5.32 Å². The molecule has 0 saturated carbocycles. The first-order valence-corrected chi connectivity index (χ1v) is 16.2. The van der Waals surface area contributed by atoms with Gasteiger partial charge in [-0.05, 0) is 64.8 Å². The summed E-state index contributed by atoms with van der Waals surface area (Å²) >= 11 is 0. The van der Waals surface area contributed by atoms with Crippen LogP contribution >= 0.6 is 0 Å². The molecule has 3 atom stereocenters. The smallest absolute Gasteiger partial charge is 0.475 e. The van der Waals surface area contributed by atoms with E-state index in [0.717, 1.165) is 33.7 Å². The molecule has 0 saturated heterocycles. The first-order chi connectivity index (χ1) is 22.6. The van der Waals surface area contributed by atoms with Crippen molar-refractivity contribution in [1.82, 2.24) is 10.6 Å². The van der Waals surface area contributed by atoms with Gasteiger partial charge in [-0.15, -0.1) is 0 Å². The van der Waals surface area contributed by atoms with Crippen molar-refractivity contribution in [2.24, 2.45) is 11.8 Å². The molecular weight excluding hydrogens is 589 g/mol. The average Bonchev–Trinajstić information content (AvgIpc) is 3.06. The minimum Gasteiger partial charge on any atom is -0.489 e. The molecule has 0 bridgehead atoms. The molecule has 5 N–H and O–H groups in total. The Bertz CT molecular complexity index is 1550. The minimum atomic E-state index is -1.71. The monoisotopic (exact) mass is 635 g/mol. The molecule has 8 nitrogen and oxygen atoms in total. The van der Waals surface area contributed by atoms with E-state index in [1.807, 2.05) is 137 Å². The molecule has 4 aromatic carbocycles. The van der Waals surface area contributed by atoms with Gasteiger partial charge in [0.1, 0.15) is 24.4 Å². The highest BCUT2D eigenvalue weighted by atomic mass is 16.5. The van der Waals surface area contributed by atoms with Gasteiger partial charge in [0.2, 0.25) is 11.8 Å². The summed E-state index contributed by atoms with van der Waals surface area (Å²) in [6.07, 6.45) is 0.729. The molecule has 0 heterocycles. The van der Waals surface area contributed by atoms with Crippen LogP contribution in [0.25, 0.3) is 11.1 Å². The lowest BCUT2D eigenvalue weighted by molar-refractivity contribution is -0.130. The maximum Gasteiger partial charge on any atom is 0.475 e. The van der Waals surface area contributed by atoms with Crippen LogP contribution in [0.2, 0.25) is 0 Å². The second-order valence-electron chi connectivity index (χ2n) is 12.7. The second-order valence-corrected chi connectivity index (χ2v) is 12.7. The molecule has 0 aromatic heterocycles. The topological polar surface area (TPSA) is 120 Å². The first-order valence-electron chi connectivity index (χ1n) is 16.2. The van der Waals surface area contributed by atoms with Crippen molar-refractivity contribution in [1.29, 1.82) is 0 Å². The number of hydrogen-bond donors (Lipinski definition) is 5. The lowest BCUT2D eigenvalue weighted by Crippen LogP contribution is -2.57. The third kappa shape index (κ3) is 11.0. The number of carbonyl (C=O) groups is 2. The highest BCUT2D eigenvalue weighted by Crippen LogP contribution is 2.24. The molecule has 4 rings (SSSR count). The summed E-state index contributed by atoms with van der Waals surface area (Å²) < 4.78 is 5.95. The van der Waals surface area contributed by atoms with E-state index >= 15 is 0 Å². The summed E-state index contributed by atoms with van der Waals surface area (Å²) in [5.74, 6) is -1.06. The molecule has 0 fully saturated rings. The summed E-state index contributed by atoms with van der Waals surface area (Å²) in [6.45, 7) is 8.02. The number of rotatable bonds is 16. The standard InChI is InChI=1S/C38H46BN3O5/c1-26(2)22-35(39(45)46)41-38(44)36(27(3)4)42-37(43)34(40-32-17-11-16-31(24-32)30-14-9-6-10-15-30)23-28-18-20-33(21-19-28)47-25-29-12-7-5-8-13-29/h5-21,24,26-27,34-36,40,45-46H,22-23,25H2,1-4H3,(H,41,44)(H,42,43)/t34-,35+,36-/m0/s1. The zero-order valence-corrected chi connectivity index (χ0v) is 27.6. The molecule has 2 amide bonds. The van der Waals surface area contributed by atoms with Gasteiger partial charge in [0, 0.05) is 12.1 Å². The lowest BCUT2D eigenvalue weighted by Gasteiger charge is -2.28. The average molecular weight is 636 g/mol. The van der Waals surface area contributed by atoms with Crippen molar-refractivity contribution in [3.05, 3.63) is 120 Å². The fraction of sp³-hybridized carbons (Fsp3) is 0.316. The van der Waals surface area contributed by atoms with Gasteiger partial charge in [-0.3, -0.25) is 9.59 Å². The zero-order chi connectivity index (χ0) is 33.8. The Balaban J connectivity index is 1.53. The SMILES string of the molecule is CC(C)C[C@@H](NC(=O)[C@@H](NC(=O)[C@H](Cc1ccc(OCc2ccccc2)cc1)Nc1cccc(-c2ccccc2)c1)C(C)C)B(O)O. The number of carbonyl (C=O) groups excluding carboxylic acids is 2. The molecule has 47 heavy (non-hydrogen) atoms. The van der Waals surface area contributed by atoms with Gasteiger partial charge >= 0.3 is 7.12 Å². The van der Waals surface area contributed by atoms with Crippen LogP contribution in [0.3, 0.4) is 0 Å². The van der Waals surface area contributed by atoms with Gasteiger partial charge in [-0.1, -0.05) is 113 Å². The number of ether oxygens (including phenoxy) is 1. The number of anilines is 1. The summed E-state index contributed by atoms with van der Waals surface area (Å²) in [7, 11) is -1.71. The molecule has 0 aliphatic carbocycles. The molecule has 9 heteroatoms. The van der Waals surface area contributed by atoms with Crippen LogP contribution in [-0.2, 0) is 22.6 Å². The molecule has 0 unspecified atom stereocenters. The summed E-state index contributed by atoms with van der Waals surface area (Å²) in [4.78, 5) is 27.3. The van der Waals surface area contributed by atoms with Gasteiger partial charge in [-0.2, -0.15) is 0 Å². The third-order valence-electron chi connectivity index (χ3n) is 7.90. The molecule has 4 aromatic rings. The van der Waals surface area contributed by atoms with Crippen LogP contribution in [0.15, 0.2) is 109 Å². The number of nitrogens with one attached hydrogen (secondary N) is 3. The Morgan fingerprint density at radius 3 is 1.98 bits per heavy atom. The largest absolute Gasteiger partial charge is 0.489 e. The maximum atomic E-state index is 14.0. The number of hydrogen-bond acceptors (Lipinski definition) is 6. The fourth-order valence-corrected chi connectivity index (χ4v) is 5.35. The number of benzene rings is 4. The van der Waals surface area contributed by atoms with Gasteiger partial charge < -0.3 is 30.7 Å². The lowest BCUT2D eigenvalue weighted by atomic mass is 9.75. The van der Waals surface area contributed by atoms with E-state index in [1.54, 1.807) is 0 Å². The predicted molar refractivity (Wildman–Crippen MR) is 189 cm³/mol. The summed E-state index contributed by atoms with van der Waals surface area (Å²) in [5, 5.41) is 28.9. The minimum absolute atomic E-state index is 0.129. The van der Waals surface area contributed by atoms with E-state index in [-0.39, 0.29) is 17.7 Å². The van der Waals surface area contributed by atoms with Gasteiger partial charge in [0.15, 0.2) is 0 Å². The second kappa shape index (κ2) is 17.4. The van der Waals surface area contributed by atoms with E-state index in [9.17, 15) is 19.6 Å². The van der Waals surface area contributed by atoms with E-state index in [0.29, 0.717) is 19.4 Å². The molecule has 0 radical (unpaired) electrons. The Labute approximate surface area is 278 Å². The Morgan fingerprint density at radius 1 is 0.723 bits per heavy atom. The fourth-order valence-electron chi connectivity index (χ4n) is 5.35. The van der Waals surface area contributed by atoms with Crippen LogP contribution in [0.4, 0.5) is 5.69 Å². The van der Waals surface area contributed by atoms with E-state index in [4.69, 9.17) is 4.74 Å². The maximum absolute atomic E-state index is 14.0. The van der Waals surface area contributed by atoms with Crippen molar-refractivity contribution in [3.63, 3.8) is 0 Å². The summed E-state index contributed by atoms with van der Waals surface area (Å²) in [5.41, 5.74) is 4.81. The van der Waals surface area contributed by atoms with Crippen LogP contribution in [0.5, 0.6) is 5.75 Å². The van der Waals surface area contributed by atoms with Crippen molar-refractivity contribution >= 4 is 24.6 Å². The Kier molecular flexibility index (Phi) is 13.0. The van der Waals surface area contributed by atoms with Crippen molar-refractivity contribution in [3.8, 4) is 16.9 Å². The molecule has 0 spiro atoms. The van der Waals surface area contributed by atoms with Gasteiger partial charge in [-0.25, -0.2) is 0 Å². The zero-order valence-electron chi connectivity index (χ0n) is 27.6. The first kappa shape index (κ1) is 35.3. The normalized spacial score (nSPS) is 13.0.